The molecule has 5 nitrogen and oxygen atoms in total. The van der Waals surface area contributed by atoms with Crippen molar-refractivity contribution < 1.29 is 9.18 Å². The summed E-state index contributed by atoms with van der Waals surface area (Å²) < 4.78 is 13.8. The molecule has 2 aromatic rings. The van der Waals surface area contributed by atoms with Crippen molar-refractivity contribution in [1.29, 1.82) is 0 Å². The van der Waals surface area contributed by atoms with E-state index in [2.05, 4.69) is 15.6 Å². The number of nitrogens with zero attached hydrogens (tertiary/aromatic N) is 1. The Morgan fingerprint density at radius 3 is 3.11 bits per heavy atom. The Morgan fingerprint density at radius 2 is 2.29 bits per heavy atom. The second-order valence-corrected chi connectivity index (χ2v) is 9.31. The van der Waals surface area contributed by atoms with Crippen LogP contribution in [0.3, 0.4) is 0 Å². The first-order valence-corrected chi connectivity index (χ1v) is 10.9. The van der Waals surface area contributed by atoms with Gasteiger partial charge in [-0.15, -0.1) is 11.6 Å². The molecular formula is C20H24ClFN4OS. The number of rotatable bonds is 6. The van der Waals surface area contributed by atoms with Gasteiger partial charge in [0.2, 0.25) is 5.91 Å². The lowest BCUT2D eigenvalue weighted by molar-refractivity contribution is -0.115. The summed E-state index contributed by atoms with van der Waals surface area (Å²) in [5.41, 5.74) is 9.21. The molecule has 1 fully saturated rings. The molecule has 28 heavy (non-hydrogen) atoms. The zero-order chi connectivity index (χ0) is 19.7. The number of nitrogens with one attached hydrogen (secondary N) is 2. The molecule has 1 aromatic heterocycles. The third-order valence-electron chi connectivity index (χ3n) is 5.47. The molecule has 8 heteroatoms. The van der Waals surface area contributed by atoms with Crippen molar-refractivity contribution in [3.8, 4) is 10.4 Å². The number of anilines is 2. The predicted molar refractivity (Wildman–Crippen MR) is 113 cm³/mol. The molecule has 2 heterocycles. The first kappa shape index (κ1) is 19.6. The lowest BCUT2D eigenvalue weighted by atomic mass is 9.83. The van der Waals surface area contributed by atoms with Crippen molar-refractivity contribution in [2.75, 3.05) is 17.2 Å². The maximum absolute atomic E-state index is 13.8. The van der Waals surface area contributed by atoms with Gasteiger partial charge in [0, 0.05) is 24.5 Å². The highest BCUT2D eigenvalue weighted by molar-refractivity contribution is 7.18. The van der Waals surface area contributed by atoms with E-state index in [9.17, 15) is 9.18 Å². The third kappa shape index (κ3) is 4.47. The van der Waals surface area contributed by atoms with Crippen molar-refractivity contribution in [1.82, 2.24) is 4.98 Å². The van der Waals surface area contributed by atoms with E-state index in [0.717, 1.165) is 46.1 Å². The minimum Gasteiger partial charge on any atom is -0.360 e. The van der Waals surface area contributed by atoms with Crippen LogP contribution in [0, 0.1) is 5.92 Å². The smallest absolute Gasteiger partial charge is 0.228 e. The van der Waals surface area contributed by atoms with E-state index in [-0.39, 0.29) is 17.3 Å². The van der Waals surface area contributed by atoms with Crippen molar-refractivity contribution in [3.63, 3.8) is 0 Å². The van der Waals surface area contributed by atoms with Crippen LogP contribution in [0.5, 0.6) is 0 Å². The van der Waals surface area contributed by atoms with Crippen molar-refractivity contribution in [2.24, 2.45) is 11.7 Å². The molecule has 4 rings (SSSR count). The summed E-state index contributed by atoms with van der Waals surface area (Å²) >= 11 is 7.52. The summed E-state index contributed by atoms with van der Waals surface area (Å²) in [5, 5.41) is 6.62. The second kappa shape index (κ2) is 8.35. The molecule has 1 saturated carbocycles. The van der Waals surface area contributed by atoms with Gasteiger partial charge in [-0.2, -0.15) is 0 Å². The van der Waals surface area contributed by atoms with Gasteiger partial charge in [0.1, 0.15) is 6.17 Å². The molecule has 0 radical (unpaired) electrons. The molecule has 1 aliphatic heterocycles. The van der Waals surface area contributed by atoms with Crippen LogP contribution >= 0.6 is 22.9 Å². The van der Waals surface area contributed by atoms with Crippen LogP contribution in [0.2, 0.25) is 0 Å². The Morgan fingerprint density at radius 1 is 1.43 bits per heavy atom. The summed E-state index contributed by atoms with van der Waals surface area (Å²) in [7, 11) is 0. The Bertz CT molecular complexity index is 860. The number of carbonyl (C=O) groups excluding carboxylic acids is 1. The van der Waals surface area contributed by atoms with Crippen molar-refractivity contribution >= 4 is 39.7 Å². The maximum atomic E-state index is 13.8. The van der Waals surface area contributed by atoms with Crippen LogP contribution in [0.4, 0.5) is 15.2 Å². The fourth-order valence-electron chi connectivity index (χ4n) is 3.98. The normalized spacial score (nSPS) is 25.2. The largest absolute Gasteiger partial charge is 0.360 e. The van der Waals surface area contributed by atoms with Gasteiger partial charge >= 0.3 is 0 Å². The molecule has 2 aliphatic rings. The van der Waals surface area contributed by atoms with Crippen LogP contribution in [-0.4, -0.2) is 35.0 Å². The topological polar surface area (TPSA) is 80.0 Å². The highest BCUT2D eigenvalue weighted by Gasteiger charge is 2.29. The van der Waals surface area contributed by atoms with Crippen molar-refractivity contribution in [2.45, 2.75) is 49.7 Å². The number of hydrogen-bond acceptors (Lipinski definition) is 5. The van der Waals surface area contributed by atoms with Gasteiger partial charge in [0.15, 0.2) is 5.13 Å². The van der Waals surface area contributed by atoms with Crippen LogP contribution in [0.1, 0.15) is 31.2 Å². The quantitative estimate of drug-likeness (QED) is 0.610. The summed E-state index contributed by atoms with van der Waals surface area (Å²) in [5.74, 6) is 0.336. The third-order valence-corrected chi connectivity index (χ3v) is 6.97. The summed E-state index contributed by atoms with van der Waals surface area (Å²) in [4.78, 5) is 17.0. The van der Waals surface area contributed by atoms with E-state index >= 15 is 0 Å². The van der Waals surface area contributed by atoms with Gasteiger partial charge in [-0.25, -0.2) is 9.37 Å². The van der Waals surface area contributed by atoms with E-state index < -0.39 is 6.17 Å². The monoisotopic (exact) mass is 422 g/mol. The zero-order valence-corrected chi connectivity index (χ0v) is 17.0. The standard InChI is InChI=1S/C20H24ClFN4OS/c21-15-3-1-11(6-16(15)22)5-14(23)9-24-20-25-10-18(28-20)12-2-4-17-13(7-12)8-19(27)26-17/h2,4,7,10-11,14-16H,1,3,5-6,8-9,23H2,(H,24,25)(H,26,27)/t11?,14-,15+,16?/m0/s1. The van der Waals surface area contributed by atoms with Crippen LogP contribution < -0.4 is 16.4 Å². The molecule has 150 valence electrons. The Kier molecular flexibility index (Phi) is 5.85. The number of carbonyl (C=O) groups is 1. The van der Waals surface area contributed by atoms with E-state index in [1.54, 1.807) is 11.3 Å². The van der Waals surface area contributed by atoms with E-state index in [0.29, 0.717) is 25.3 Å². The molecule has 0 saturated heterocycles. The number of thiazole rings is 1. The molecule has 0 bridgehead atoms. The molecule has 4 N–H and O–H groups in total. The molecule has 0 spiro atoms. The Labute approximate surface area is 172 Å². The van der Waals surface area contributed by atoms with Gasteiger partial charge in [-0.3, -0.25) is 4.79 Å². The lowest BCUT2D eigenvalue weighted by Gasteiger charge is -2.29. The minimum absolute atomic E-state index is 0.0337. The van der Waals surface area contributed by atoms with Crippen molar-refractivity contribution in [3.05, 3.63) is 30.0 Å². The SMILES string of the molecule is N[C@H](CNc1ncc(-c2ccc3c(c2)CC(=O)N3)s1)CC1CC[C@@H](Cl)C(F)C1. The number of halogens is 2. The van der Waals surface area contributed by atoms with E-state index in [1.807, 2.05) is 24.4 Å². The Balaban J connectivity index is 1.30. The van der Waals surface area contributed by atoms with Crippen LogP contribution in [-0.2, 0) is 11.2 Å². The average Bonchev–Trinajstić information content (AvgIpc) is 3.28. The molecule has 1 aliphatic carbocycles. The Hall–Kier alpha value is -1.70. The number of hydrogen-bond donors (Lipinski definition) is 3. The number of alkyl halides is 2. The van der Waals surface area contributed by atoms with Crippen LogP contribution in [0.25, 0.3) is 10.4 Å². The van der Waals surface area contributed by atoms with Gasteiger partial charge in [-0.05, 0) is 54.9 Å². The molecule has 2 unspecified atom stereocenters. The summed E-state index contributed by atoms with van der Waals surface area (Å²) in [6.45, 7) is 0.604. The summed E-state index contributed by atoms with van der Waals surface area (Å²) in [6, 6.07) is 5.92. The average molecular weight is 423 g/mol. The highest BCUT2D eigenvalue weighted by Crippen LogP contribution is 2.34. The van der Waals surface area contributed by atoms with Gasteiger partial charge in [-0.1, -0.05) is 17.4 Å². The predicted octanol–water partition coefficient (Wildman–Crippen LogP) is 4.18. The van der Waals surface area contributed by atoms with E-state index in [4.69, 9.17) is 17.3 Å². The second-order valence-electron chi connectivity index (χ2n) is 7.71. The van der Waals surface area contributed by atoms with Gasteiger partial charge in [0.25, 0.3) is 0 Å². The number of aromatic nitrogens is 1. The highest BCUT2D eigenvalue weighted by atomic mass is 35.5. The number of fused-ring (bicyclic) bond motifs is 1. The van der Waals surface area contributed by atoms with Crippen LogP contribution in [0.15, 0.2) is 24.4 Å². The first-order chi connectivity index (χ1) is 13.5. The van der Waals surface area contributed by atoms with Gasteiger partial charge in [0.05, 0.1) is 16.7 Å². The lowest BCUT2D eigenvalue weighted by Crippen LogP contribution is -2.35. The van der Waals surface area contributed by atoms with Gasteiger partial charge < -0.3 is 16.4 Å². The molecular weight excluding hydrogens is 399 g/mol. The number of amides is 1. The maximum Gasteiger partial charge on any atom is 0.228 e. The first-order valence-electron chi connectivity index (χ1n) is 9.64. The fourth-order valence-corrected chi connectivity index (χ4v) is 5.02. The molecule has 1 amide bonds. The molecule has 1 aromatic carbocycles. The number of nitrogens with two attached hydrogens (primary N) is 1. The summed E-state index contributed by atoms with van der Waals surface area (Å²) in [6.07, 6.45) is 4.32. The van der Waals surface area contributed by atoms with E-state index in [1.165, 1.54) is 0 Å². The molecule has 4 atom stereocenters. The fraction of sp³-hybridized carbons (Fsp3) is 0.500. The zero-order valence-electron chi connectivity index (χ0n) is 15.5. The number of benzene rings is 1. The minimum atomic E-state index is -0.917.